The van der Waals surface area contributed by atoms with Gasteiger partial charge in [0.25, 0.3) is 7.83 Å². The smallest absolute Gasteiger partial charge is 0.270 e. The lowest BCUT2D eigenvalue weighted by Gasteiger charge is -2.42. The van der Waals surface area contributed by atoms with Gasteiger partial charge in [-0.2, -0.15) is 0 Å². The number of nitrogens with zero attached hydrogens (tertiary/aromatic N) is 3. The van der Waals surface area contributed by atoms with Gasteiger partial charge in [-0.3, -0.25) is 9.89 Å². The molecule has 2 aromatic rings. The van der Waals surface area contributed by atoms with Crippen molar-refractivity contribution in [1.82, 2.24) is 9.80 Å². The van der Waals surface area contributed by atoms with Gasteiger partial charge in [0.2, 0.25) is 0 Å². The molecule has 26 heavy (non-hydrogen) atoms. The molecule has 0 aromatic heterocycles. The van der Waals surface area contributed by atoms with Gasteiger partial charge in [-0.1, -0.05) is 93.9 Å². The number of fused-ring (bicyclic) bond motifs is 1. The van der Waals surface area contributed by atoms with Crippen LogP contribution >= 0.6 is 69.6 Å². The third-order valence-corrected chi connectivity index (χ3v) is 5.30. The molecule has 0 bridgehead atoms. The minimum absolute atomic E-state index is 0.0756. The van der Waals surface area contributed by atoms with Crippen LogP contribution in [-0.4, -0.2) is 43.9 Å². The second-order valence-corrected chi connectivity index (χ2v) is 9.97. The molecule has 1 aliphatic heterocycles. The van der Waals surface area contributed by atoms with Crippen molar-refractivity contribution in [2.24, 2.45) is 4.99 Å². The molecule has 0 radical (unpaired) electrons. The Hall–Kier alpha value is -0.330. The molecule has 0 fully saturated rings. The topological polar surface area (TPSA) is 28.1 Å². The summed E-state index contributed by atoms with van der Waals surface area (Å²) in [6.07, 6.45) is 0. The summed E-state index contributed by atoms with van der Waals surface area (Å²) in [6.45, 7) is 0.218. The number of benzene rings is 2. The molecule has 0 aliphatic carbocycles. The van der Waals surface area contributed by atoms with Crippen molar-refractivity contribution in [1.29, 1.82) is 0 Å². The van der Waals surface area contributed by atoms with E-state index in [2.05, 4.69) is 4.99 Å². The second kappa shape index (κ2) is 7.59. The van der Waals surface area contributed by atoms with E-state index in [-0.39, 0.29) is 13.3 Å². The first-order chi connectivity index (χ1) is 12.1. The monoisotopic (exact) mass is 473 g/mol. The van der Waals surface area contributed by atoms with Crippen molar-refractivity contribution < 1.29 is 4.74 Å². The first-order valence-corrected chi connectivity index (χ1v) is 9.66. The van der Waals surface area contributed by atoms with Crippen LogP contribution in [0.15, 0.2) is 41.4 Å². The van der Waals surface area contributed by atoms with E-state index in [0.29, 0.717) is 5.84 Å². The van der Waals surface area contributed by atoms with Gasteiger partial charge in [0.15, 0.2) is 0 Å². The van der Waals surface area contributed by atoms with Crippen LogP contribution in [0.1, 0.15) is 5.56 Å². The zero-order chi connectivity index (χ0) is 19.1. The Balaban J connectivity index is 2.15. The second-order valence-electron chi connectivity index (χ2n) is 5.53. The Morgan fingerprint density at radius 2 is 1.58 bits per heavy atom. The molecular formula is C16H13Cl6N3O. The zero-order valence-electron chi connectivity index (χ0n) is 13.4. The van der Waals surface area contributed by atoms with Gasteiger partial charge in [-0.05, 0) is 17.5 Å². The molecule has 2 aromatic carbocycles. The Morgan fingerprint density at radius 3 is 2.15 bits per heavy atom. The van der Waals surface area contributed by atoms with Gasteiger partial charge in [-0.15, -0.1) is 0 Å². The number of alkyl halides is 6. The van der Waals surface area contributed by atoms with Gasteiger partial charge in [-0.25, -0.2) is 4.90 Å². The van der Waals surface area contributed by atoms with Crippen LogP contribution in [0.5, 0.6) is 5.75 Å². The molecule has 0 spiro atoms. The van der Waals surface area contributed by atoms with Crippen molar-refractivity contribution in [3.8, 4) is 5.75 Å². The standard InChI is InChI=1S/C16H13Cl6N3O/c1-26-13-7-6-12(10-4-2-3-5-11(10)13)14-23-8-24(15(17,18)19)9-25(14)16(20,21)22/h2-7H,8-9H2,1H3. The Morgan fingerprint density at radius 1 is 0.923 bits per heavy atom. The Labute approximate surface area is 181 Å². The first-order valence-electron chi connectivity index (χ1n) is 7.39. The van der Waals surface area contributed by atoms with Crippen molar-refractivity contribution in [2.75, 3.05) is 20.4 Å². The van der Waals surface area contributed by atoms with Crippen molar-refractivity contribution >= 4 is 86.2 Å². The number of halogens is 6. The van der Waals surface area contributed by atoms with E-state index in [0.717, 1.165) is 22.1 Å². The number of aliphatic imine (C=N–C) groups is 1. The molecule has 3 rings (SSSR count). The summed E-state index contributed by atoms with van der Waals surface area (Å²) in [5, 5.41) is 1.83. The summed E-state index contributed by atoms with van der Waals surface area (Å²) in [7, 11) is 1.62. The first kappa shape index (κ1) is 20.4. The molecule has 1 aliphatic rings. The summed E-state index contributed by atoms with van der Waals surface area (Å²) in [5.74, 6) is 1.23. The molecule has 0 atom stereocenters. The number of hydrogen-bond acceptors (Lipinski definition) is 4. The van der Waals surface area contributed by atoms with Crippen molar-refractivity contribution in [3.63, 3.8) is 0 Å². The fourth-order valence-electron chi connectivity index (χ4n) is 2.76. The fraction of sp³-hybridized carbons (Fsp3) is 0.312. The number of rotatable bonds is 2. The van der Waals surface area contributed by atoms with Gasteiger partial charge in [0.05, 0.1) is 20.4 Å². The molecule has 1 heterocycles. The summed E-state index contributed by atoms with van der Waals surface area (Å²) in [6, 6.07) is 11.5. The minimum atomic E-state index is -1.78. The summed E-state index contributed by atoms with van der Waals surface area (Å²) >= 11 is 36.4. The molecule has 0 saturated heterocycles. The maximum absolute atomic E-state index is 6.18. The van der Waals surface area contributed by atoms with E-state index in [4.69, 9.17) is 74.3 Å². The summed E-state index contributed by atoms with van der Waals surface area (Å²) in [5.41, 5.74) is 0.789. The van der Waals surface area contributed by atoms with Gasteiger partial charge in [0.1, 0.15) is 11.6 Å². The van der Waals surface area contributed by atoms with Crippen LogP contribution in [0.25, 0.3) is 10.8 Å². The number of ether oxygens (including phenoxy) is 1. The normalized spacial score (nSPS) is 16.7. The predicted molar refractivity (Wildman–Crippen MR) is 111 cm³/mol. The highest BCUT2D eigenvalue weighted by atomic mass is 35.6. The summed E-state index contributed by atoms with van der Waals surface area (Å²) < 4.78 is 1.97. The van der Waals surface area contributed by atoms with Crippen molar-refractivity contribution in [3.05, 3.63) is 42.0 Å². The van der Waals surface area contributed by atoms with Crippen LogP contribution in [0.3, 0.4) is 0 Å². The Kier molecular flexibility index (Phi) is 5.96. The highest BCUT2D eigenvalue weighted by Crippen LogP contribution is 2.40. The van der Waals surface area contributed by atoms with Crippen LogP contribution in [0.4, 0.5) is 0 Å². The number of hydrogen-bond donors (Lipinski definition) is 0. The molecule has 140 valence electrons. The fourth-order valence-corrected chi connectivity index (χ4v) is 3.48. The number of methoxy groups -OCH3 is 1. The third kappa shape index (κ3) is 4.07. The average Bonchev–Trinajstić information content (AvgIpc) is 2.58. The molecule has 0 saturated carbocycles. The van der Waals surface area contributed by atoms with Gasteiger partial charge in [0, 0.05) is 10.9 Å². The Bertz CT molecular complexity index is 846. The molecular weight excluding hydrogens is 463 g/mol. The average molecular weight is 476 g/mol. The molecule has 10 heteroatoms. The van der Waals surface area contributed by atoms with E-state index in [9.17, 15) is 0 Å². The lowest BCUT2D eigenvalue weighted by Crippen LogP contribution is -2.54. The maximum Gasteiger partial charge on any atom is 0.270 e. The summed E-state index contributed by atoms with van der Waals surface area (Å²) in [4.78, 5) is 7.43. The third-order valence-electron chi connectivity index (χ3n) is 3.97. The lowest BCUT2D eigenvalue weighted by atomic mass is 10.0. The van der Waals surface area contributed by atoms with Gasteiger partial charge < -0.3 is 4.74 Å². The quantitative estimate of drug-likeness (QED) is 0.407. The van der Waals surface area contributed by atoms with E-state index in [1.165, 1.54) is 9.80 Å². The highest BCUT2D eigenvalue weighted by molar-refractivity contribution is 6.68. The molecule has 0 amide bonds. The largest absolute Gasteiger partial charge is 0.496 e. The zero-order valence-corrected chi connectivity index (χ0v) is 17.9. The van der Waals surface area contributed by atoms with Crippen LogP contribution in [0.2, 0.25) is 0 Å². The van der Waals surface area contributed by atoms with Gasteiger partial charge >= 0.3 is 0 Å². The molecule has 4 nitrogen and oxygen atoms in total. The number of amidine groups is 1. The highest BCUT2D eigenvalue weighted by Gasteiger charge is 2.41. The lowest BCUT2D eigenvalue weighted by molar-refractivity contribution is 0.170. The van der Waals surface area contributed by atoms with E-state index in [1.54, 1.807) is 7.11 Å². The maximum atomic E-state index is 6.18. The van der Waals surface area contributed by atoms with E-state index in [1.807, 2.05) is 36.4 Å². The molecule has 0 N–H and O–H groups in total. The predicted octanol–water partition coefficient (Wildman–Crippen LogP) is 5.78. The van der Waals surface area contributed by atoms with Crippen LogP contribution in [0, 0.1) is 0 Å². The van der Waals surface area contributed by atoms with Crippen LogP contribution < -0.4 is 4.74 Å². The SMILES string of the molecule is COc1ccc(C2=NCN(C(Cl)(Cl)Cl)CN2C(Cl)(Cl)Cl)c2ccccc12. The van der Waals surface area contributed by atoms with Crippen LogP contribution in [-0.2, 0) is 0 Å². The molecule has 0 unspecified atom stereocenters. The van der Waals surface area contributed by atoms with Crippen molar-refractivity contribution in [2.45, 2.75) is 7.83 Å². The minimum Gasteiger partial charge on any atom is -0.496 e. The van der Waals surface area contributed by atoms with E-state index >= 15 is 0 Å². The van der Waals surface area contributed by atoms with E-state index < -0.39 is 7.83 Å².